The van der Waals surface area contributed by atoms with E-state index in [1.807, 2.05) is 11.4 Å². The van der Waals surface area contributed by atoms with Gasteiger partial charge in [-0.25, -0.2) is 0 Å². The summed E-state index contributed by atoms with van der Waals surface area (Å²) >= 11 is 0. The fraction of sp³-hybridized carbons (Fsp3) is 0.270. The number of hydrogen-bond donors (Lipinski definition) is 3. The van der Waals surface area contributed by atoms with E-state index in [1.54, 1.807) is 91.0 Å². The predicted molar refractivity (Wildman–Crippen MR) is 174 cm³/mol. The number of para-hydroxylation sites is 2. The fourth-order valence-corrected chi connectivity index (χ4v) is 6.80. The van der Waals surface area contributed by atoms with Crippen molar-refractivity contribution >= 4 is 18.1 Å². The second-order valence-corrected chi connectivity index (χ2v) is 12.1. The lowest BCUT2D eigenvalue weighted by atomic mass is 9.85. The molecule has 3 unspecified atom stereocenters. The van der Waals surface area contributed by atoms with E-state index in [0.29, 0.717) is 52.9 Å². The predicted octanol–water partition coefficient (Wildman–Crippen LogP) is 6.08. The number of nitrogens with zero attached hydrogens (tertiary/aromatic N) is 1. The summed E-state index contributed by atoms with van der Waals surface area (Å²) in [4.78, 5) is 42.5. The van der Waals surface area contributed by atoms with Crippen LogP contribution >= 0.6 is 0 Å². The molecule has 6 rings (SSSR count). The second-order valence-electron chi connectivity index (χ2n) is 12.1. The number of rotatable bonds is 10. The number of aldehydes is 1. The van der Waals surface area contributed by atoms with Crippen LogP contribution in [0.25, 0.3) is 11.1 Å². The molecule has 1 fully saturated rings. The molecule has 0 radical (unpaired) electrons. The monoisotopic (exact) mass is 656 g/mol. The molecule has 0 bridgehead atoms. The molecule has 4 aromatic rings. The summed E-state index contributed by atoms with van der Waals surface area (Å²) in [5, 5.41) is 4.85. The smallest absolute Gasteiger partial charge is 0.405 e. The molecular weight excluding hydrogens is 621 g/mol. The zero-order valence-electron chi connectivity index (χ0n) is 26.0. The summed E-state index contributed by atoms with van der Waals surface area (Å²) in [6, 6.07) is 26.9. The highest BCUT2D eigenvalue weighted by Crippen LogP contribution is 2.49. The molecule has 11 heteroatoms. The van der Waals surface area contributed by atoms with Gasteiger partial charge >= 0.3 is 6.18 Å². The van der Waals surface area contributed by atoms with Crippen molar-refractivity contribution in [3.63, 3.8) is 0 Å². The number of piperidine rings is 1. The number of halogens is 3. The third-order valence-corrected chi connectivity index (χ3v) is 8.84. The topological polar surface area (TPSA) is 114 Å². The molecule has 0 aromatic heterocycles. The van der Waals surface area contributed by atoms with Crippen LogP contribution in [-0.2, 0) is 9.59 Å². The van der Waals surface area contributed by atoms with Crippen LogP contribution in [0.15, 0.2) is 97.1 Å². The van der Waals surface area contributed by atoms with E-state index in [2.05, 4.69) is 10.2 Å². The van der Waals surface area contributed by atoms with E-state index in [4.69, 9.17) is 10.5 Å². The van der Waals surface area contributed by atoms with E-state index < -0.39 is 42.2 Å². The molecule has 1 aliphatic carbocycles. The average molecular weight is 657 g/mol. The Morgan fingerprint density at radius 3 is 2.27 bits per heavy atom. The van der Waals surface area contributed by atoms with Gasteiger partial charge in [0, 0.05) is 0 Å². The SMILES string of the molecule is NC(C=O)(NC(=O)c1ccccc1Oc1ccccc1)C(c1cccc2c1-c1ccccc1C2C(=O)NCC(F)(F)F)N1CCCCC1. The molecular formula is C37H35F3N4O4. The van der Waals surface area contributed by atoms with Gasteiger partial charge in [-0.05, 0) is 78.0 Å². The molecule has 1 heterocycles. The van der Waals surface area contributed by atoms with Gasteiger partial charge in [-0.2, -0.15) is 13.2 Å². The Morgan fingerprint density at radius 2 is 1.54 bits per heavy atom. The number of amides is 2. The number of ether oxygens (including phenoxy) is 1. The number of benzene rings is 4. The first-order valence-electron chi connectivity index (χ1n) is 15.8. The highest BCUT2D eigenvalue weighted by atomic mass is 19.4. The first kappa shape index (κ1) is 32.9. The molecule has 1 saturated heterocycles. The molecule has 2 amide bonds. The van der Waals surface area contributed by atoms with Gasteiger partial charge in [-0.3, -0.25) is 19.3 Å². The number of likely N-dealkylation sites (tertiary alicyclic amines) is 1. The number of alkyl halides is 3. The lowest BCUT2D eigenvalue weighted by Crippen LogP contribution is -2.65. The maximum atomic E-state index is 14.0. The molecule has 2 aliphatic rings. The minimum absolute atomic E-state index is 0.167. The first-order valence-corrected chi connectivity index (χ1v) is 15.8. The standard InChI is InChI=1S/C37H35F3N4O4/c38-37(39,40)22-42-35(47)32-26-15-6-5-14-25(26)31-28(32)17-11-18-29(31)33(44-20-9-2-10-21-44)36(41,23-45)43-34(46)27-16-7-8-19-30(27)48-24-12-3-1-4-13-24/h1,3-8,11-19,23,32-33H,2,9-10,20-22,41H2,(H,42,47)(H,43,46). The lowest BCUT2D eigenvalue weighted by Gasteiger charge is -2.43. The van der Waals surface area contributed by atoms with Crippen molar-refractivity contribution in [2.24, 2.45) is 5.73 Å². The van der Waals surface area contributed by atoms with Crippen LogP contribution < -0.4 is 21.1 Å². The molecule has 8 nitrogen and oxygen atoms in total. The van der Waals surface area contributed by atoms with Gasteiger partial charge in [0.1, 0.15) is 18.0 Å². The Morgan fingerprint density at radius 1 is 0.875 bits per heavy atom. The average Bonchev–Trinajstić information content (AvgIpc) is 3.43. The van der Waals surface area contributed by atoms with E-state index in [9.17, 15) is 27.6 Å². The Hall–Kier alpha value is -5.00. The number of nitrogens with two attached hydrogens (primary N) is 1. The minimum Gasteiger partial charge on any atom is -0.457 e. The number of hydrogen-bond acceptors (Lipinski definition) is 6. The normalized spacial score (nSPS) is 17.7. The van der Waals surface area contributed by atoms with Crippen molar-refractivity contribution in [3.8, 4) is 22.6 Å². The lowest BCUT2D eigenvalue weighted by molar-refractivity contribution is -0.138. The quantitative estimate of drug-likeness (QED) is 0.141. The van der Waals surface area contributed by atoms with Crippen molar-refractivity contribution in [3.05, 3.63) is 119 Å². The van der Waals surface area contributed by atoms with Crippen LogP contribution in [0.1, 0.15) is 58.3 Å². The van der Waals surface area contributed by atoms with Gasteiger partial charge in [0.05, 0.1) is 17.5 Å². The van der Waals surface area contributed by atoms with Gasteiger partial charge in [0.25, 0.3) is 5.91 Å². The fourth-order valence-electron chi connectivity index (χ4n) is 6.80. The largest absolute Gasteiger partial charge is 0.457 e. The van der Waals surface area contributed by atoms with Crippen LogP contribution in [-0.4, -0.2) is 54.5 Å². The van der Waals surface area contributed by atoms with Crippen molar-refractivity contribution in [2.45, 2.75) is 43.1 Å². The molecule has 3 atom stereocenters. The maximum absolute atomic E-state index is 14.0. The zero-order chi connectivity index (χ0) is 33.9. The summed E-state index contributed by atoms with van der Waals surface area (Å²) in [5.41, 5.74) is 8.04. The van der Waals surface area contributed by atoms with Gasteiger partial charge in [-0.1, -0.05) is 79.2 Å². The van der Waals surface area contributed by atoms with Crippen molar-refractivity contribution in [1.29, 1.82) is 0 Å². The Labute approximate surface area is 276 Å². The summed E-state index contributed by atoms with van der Waals surface area (Å²) in [7, 11) is 0. The first-order chi connectivity index (χ1) is 23.1. The molecule has 0 spiro atoms. The molecule has 4 N–H and O–H groups in total. The van der Waals surface area contributed by atoms with Crippen molar-refractivity contribution in [1.82, 2.24) is 15.5 Å². The number of carbonyl (C=O) groups is 3. The highest BCUT2D eigenvalue weighted by molar-refractivity contribution is 6.00. The molecule has 0 saturated carbocycles. The summed E-state index contributed by atoms with van der Waals surface area (Å²) in [6.07, 6.45) is -1.40. The van der Waals surface area contributed by atoms with Gasteiger partial charge < -0.3 is 21.1 Å². The Balaban J connectivity index is 1.42. The van der Waals surface area contributed by atoms with E-state index >= 15 is 0 Å². The summed E-state index contributed by atoms with van der Waals surface area (Å²) < 4.78 is 45.3. The highest BCUT2D eigenvalue weighted by Gasteiger charge is 2.46. The van der Waals surface area contributed by atoms with Crippen LogP contribution in [0.5, 0.6) is 11.5 Å². The van der Waals surface area contributed by atoms with E-state index in [-0.39, 0.29) is 11.3 Å². The molecule has 4 aromatic carbocycles. The Bertz CT molecular complexity index is 1810. The Kier molecular flexibility index (Phi) is 9.34. The van der Waals surface area contributed by atoms with E-state index in [0.717, 1.165) is 19.3 Å². The maximum Gasteiger partial charge on any atom is 0.405 e. The summed E-state index contributed by atoms with van der Waals surface area (Å²) in [6.45, 7) is -0.293. The van der Waals surface area contributed by atoms with Crippen LogP contribution in [0.2, 0.25) is 0 Å². The van der Waals surface area contributed by atoms with Crippen LogP contribution in [0.4, 0.5) is 13.2 Å². The van der Waals surface area contributed by atoms with Crippen LogP contribution in [0.3, 0.4) is 0 Å². The molecule has 48 heavy (non-hydrogen) atoms. The minimum atomic E-state index is -4.58. The number of fused-ring (bicyclic) bond motifs is 3. The second kappa shape index (κ2) is 13.6. The van der Waals surface area contributed by atoms with Crippen LogP contribution in [0, 0.1) is 0 Å². The van der Waals surface area contributed by atoms with Gasteiger partial charge in [-0.15, -0.1) is 0 Å². The molecule has 1 aliphatic heterocycles. The molecule has 248 valence electrons. The van der Waals surface area contributed by atoms with Crippen molar-refractivity contribution in [2.75, 3.05) is 19.6 Å². The third kappa shape index (κ3) is 6.69. The third-order valence-electron chi connectivity index (χ3n) is 8.84. The number of carbonyl (C=O) groups excluding carboxylic acids is 3. The van der Waals surface area contributed by atoms with Crippen molar-refractivity contribution < 1.29 is 32.3 Å². The zero-order valence-corrected chi connectivity index (χ0v) is 26.0. The number of nitrogens with one attached hydrogen (secondary N) is 2. The summed E-state index contributed by atoms with van der Waals surface area (Å²) in [5.74, 6) is -1.64. The van der Waals surface area contributed by atoms with E-state index in [1.165, 1.54) is 0 Å². The van der Waals surface area contributed by atoms with Gasteiger partial charge in [0.2, 0.25) is 5.91 Å². The van der Waals surface area contributed by atoms with Gasteiger partial charge in [0.15, 0.2) is 11.9 Å².